The van der Waals surface area contributed by atoms with E-state index in [-0.39, 0.29) is 0 Å². The average molecular weight is 360 g/mol. The summed E-state index contributed by atoms with van der Waals surface area (Å²) in [6.07, 6.45) is 12.4. The average Bonchev–Trinajstić information content (AvgIpc) is 2.91. The van der Waals surface area contributed by atoms with E-state index in [2.05, 4.69) is 40.0 Å². The molecule has 0 aliphatic carbocycles. The molecule has 0 bridgehead atoms. The van der Waals surface area contributed by atoms with Crippen LogP contribution in [0, 0.1) is 5.92 Å². The molecule has 3 heterocycles. The van der Waals surface area contributed by atoms with Crippen LogP contribution in [0.5, 0.6) is 0 Å². The lowest BCUT2D eigenvalue weighted by atomic mass is 10.1. The minimum atomic E-state index is 0.625. The third kappa shape index (κ3) is 5.57. The van der Waals surface area contributed by atoms with Gasteiger partial charge in [-0.05, 0) is 50.6 Å². The van der Waals surface area contributed by atoms with E-state index in [1.165, 1.54) is 64.5 Å². The highest BCUT2D eigenvalue weighted by molar-refractivity contribution is 5.42. The van der Waals surface area contributed by atoms with Crippen LogP contribution < -0.4 is 10.2 Å². The minimum absolute atomic E-state index is 0.625. The topological polar surface area (TPSA) is 44.3 Å². The van der Waals surface area contributed by atoms with Crippen LogP contribution in [0.25, 0.3) is 0 Å². The molecule has 0 spiro atoms. The molecule has 2 unspecified atom stereocenters. The first-order valence-electron chi connectivity index (χ1n) is 10.8. The van der Waals surface area contributed by atoms with Gasteiger partial charge in [0, 0.05) is 38.4 Å². The quantitative estimate of drug-likeness (QED) is 0.755. The Kier molecular flexibility index (Phi) is 7.54. The molecule has 0 aromatic carbocycles. The molecular weight excluding hydrogens is 322 g/mol. The summed E-state index contributed by atoms with van der Waals surface area (Å²) in [7, 11) is 0. The van der Waals surface area contributed by atoms with Gasteiger partial charge in [-0.3, -0.25) is 4.90 Å². The first-order valence-corrected chi connectivity index (χ1v) is 10.8. The highest BCUT2D eigenvalue weighted by Gasteiger charge is 2.25. The first kappa shape index (κ1) is 19.4. The predicted octanol–water partition coefficient (Wildman–Crippen LogP) is 4.17. The Balaban J connectivity index is 1.53. The summed E-state index contributed by atoms with van der Waals surface area (Å²) >= 11 is 0. The van der Waals surface area contributed by atoms with E-state index in [4.69, 9.17) is 4.98 Å². The molecule has 26 heavy (non-hydrogen) atoms. The van der Waals surface area contributed by atoms with Crippen molar-refractivity contribution in [2.24, 2.45) is 5.92 Å². The van der Waals surface area contributed by atoms with Gasteiger partial charge in [-0.15, -0.1) is 0 Å². The Hall–Kier alpha value is -1.36. The third-order valence-corrected chi connectivity index (χ3v) is 5.89. The van der Waals surface area contributed by atoms with Crippen LogP contribution in [0.3, 0.4) is 0 Å². The highest BCUT2D eigenvalue weighted by atomic mass is 15.2. The van der Waals surface area contributed by atoms with Gasteiger partial charge >= 0.3 is 0 Å². The molecule has 5 heteroatoms. The van der Waals surface area contributed by atoms with Crippen LogP contribution in [-0.2, 0) is 0 Å². The SMILES string of the molecule is CCCC(C)CN1CCCC1CNc1nccc(N2CCCCCC2)n1. The second kappa shape index (κ2) is 10.1. The van der Waals surface area contributed by atoms with Crippen LogP contribution in [-0.4, -0.2) is 53.6 Å². The van der Waals surface area contributed by atoms with Crippen LogP contribution in [0.15, 0.2) is 12.3 Å². The molecule has 2 saturated heterocycles. The molecule has 0 radical (unpaired) electrons. The fraction of sp³-hybridized carbons (Fsp3) is 0.810. The standard InChI is InChI=1S/C21H37N5/c1-3-9-18(2)17-26-15-8-10-19(26)16-23-21-22-12-11-20(24-21)25-13-6-4-5-7-14-25/h11-12,18-19H,3-10,13-17H2,1-2H3,(H,22,23,24). The van der Waals surface area contributed by atoms with E-state index in [1.807, 2.05) is 6.20 Å². The molecule has 1 aromatic rings. The largest absolute Gasteiger partial charge is 0.356 e. The summed E-state index contributed by atoms with van der Waals surface area (Å²) < 4.78 is 0. The van der Waals surface area contributed by atoms with Crippen molar-refractivity contribution in [3.63, 3.8) is 0 Å². The number of likely N-dealkylation sites (tertiary alicyclic amines) is 1. The number of nitrogens with one attached hydrogen (secondary N) is 1. The fourth-order valence-corrected chi connectivity index (χ4v) is 4.47. The van der Waals surface area contributed by atoms with Crippen LogP contribution in [0.2, 0.25) is 0 Å². The Morgan fingerprint density at radius 3 is 2.73 bits per heavy atom. The maximum Gasteiger partial charge on any atom is 0.224 e. The molecule has 1 N–H and O–H groups in total. The van der Waals surface area contributed by atoms with E-state index in [0.717, 1.165) is 37.3 Å². The molecule has 2 aliphatic heterocycles. The summed E-state index contributed by atoms with van der Waals surface area (Å²) in [4.78, 5) is 14.4. The predicted molar refractivity (Wildman–Crippen MR) is 110 cm³/mol. The Morgan fingerprint density at radius 2 is 1.96 bits per heavy atom. The molecule has 3 rings (SSSR count). The minimum Gasteiger partial charge on any atom is -0.356 e. The Morgan fingerprint density at radius 1 is 1.15 bits per heavy atom. The van der Waals surface area contributed by atoms with Crippen LogP contribution in [0.4, 0.5) is 11.8 Å². The smallest absolute Gasteiger partial charge is 0.224 e. The van der Waals surface area contributed by atoms with E-state index in [1.54, 1.807) is 0 Å². The van der Waals surface area contributed by atoms with Gasteiger partial charge in [-0.1, -0.05) is 33.1 Å². The van der Waals surface area contributed by atoms with Gasteiger partial charge in [-0.25, -0.2) is 4.98 Å². The Bertz CT molecular complexity index is 527. The molecule has 0 saturated carbocycles. The Labute approximate surface area is 159 Å². The summed E-state index contributed by atoms with van der Waals surface area (Å²) in [6.45, 7) is 10.4. The van der Waals surface area contributed by atoms with E-state index >= 15 is 0 Å². The summed E-state index contributed by atoms with van der Waals surface area (Å²) in [5.74, 6) is 2.67. The zero-order chi connectivity index (χ0) is 18.2. The molecule has 0 amide bonds. The van der Waals surface area contributed by atoms with Crippen molar-refractivity contribution < 1.29 is 0 Å². The number of hydrogen-bond donors (Lipinski definition) is 1. The van der Waals surface area contributed by atoms with Crippen LogP contribution in [0.1, 0.15) is 65.2 Å². The molecule has 1 aromatic heterocycles. The van der Waals surface area contributed by atoms with Crippen molar-refractivity contribution in [3.8, 4) is 0 Å². The van der Waals surface area contributed by atoms with E-state index in [0.29, 0.717) is 6.04 Å². The van der Waals surface area contributed by atoms with Crippen molar-refractivity contribution in [1.82, 2.24) is 14.9 Å². The molecule has 146 valence electrons. The van der Waals surface area contributed by atoms with Gasteiger partial charge < -0.3 is 10.2 Å². The maximum atomic E-state index is 4.80. The molecule has 2 fully saturated rings. The van der Waals surface area contributed by atoms with Crippen molar-refractivity contribution in [3.05, 3.63) is 12.3 Å². The van der Waals surface area contributed by atoms with Crippen LogP contribution >= 0.6 is 0 Å². The van der Waals surface area contributed by atoms with Crippen molar-refractivity contribution in [1.29, 1.82) is 0 Å². The van der Waals surface area contributed by atoms with Crippen molar-refractivity contribution in [2.45, 2.75) is 71.3 Å². The maximum absolute atomic E-state index is 4.80. The summed E-state index contributed by atoms with van der Waals surface area (Å²) in [5, 5.41) is 3.53. The zero-order valence-electron chi connectivity index (χ0n) is 16.8. The molecule has 5 nitrogen and oxygen atoms in total. The number of rotatable bonds is 8. The van der Waals surface area contributed by atoms with Gasteiger partial charge in [-0.2, -0.15) is 4.98 Å². The number of nitrogens with zero attached hydrogens (tertiary/aromatic N) is 4. The van der Waals surface area contributed by atoms with Gasteiger partial charge in [0.1, 0.15) is 5.82 Å². The van der Waals surface area contributed by atoms with Gasteiger partial charge in [0.05, 0.1) is 0 Å². The zero-order valence-corrected chi connectivity index (χ0v) is 16.8. The van der Waals surface area contributed by atoms with Gasteiger partial charge in [0.2, 0.25) is 5.95 Å². The molecule has 2 atom stereocenters. The summed E-state index contributed by atoms with van der Waals surface area (Å²) in [6, 6.07) is 2.69. The lowest BCUT2D eigenvalue weighted by molar-refractivity contribution is 0.221. The lowest BCUT2D eigenvalue weighted by Crippen LogP contribution is -2.38. The monoisotopic (exact) mass is 359 g/mol. The highest BCUT2D eigenvalue weighted by Crippen LogP contribution is 2.21. The molecular formula is C21H37N5. The molecule has 2 aliphatic rings. The fourth-order valence-electron chi connectivity index (χ4n) is 4.47. The van der Waals surface area contributed by atoms with Gasteiger partial charge in [0.15, 0.2) is 0 Å². The second-order valence-corrected chi connectivity index (χ2v) is 8.21. The van der Waals surface area contributed by atoms with E-state index < -0.39 is 0 Å². The normalized spacial score (nSPS) is 23.0. The third-order valence-electron chi connectivity index (χ3n) is 5.89. The van der Waals surface area contributed by atoms with E-state index in [9.17, 15) is 0 Å². The number of hydrogen-bond acceptors (Lipinski definition) is 5. The van der Waals surface area contributed by atoms with Gasteiger partial charge in [0.25, 0.3) is 0 Å². The second-order valence-electron chi connectivity index (χ2n) is 8.21. The summed E-state index contributed by atoms with van der Waals surface area (Å²) in [5.41, 5.74) is 0. The van der Waals surface area contributed by atoms with Crippen molar-refractivity contribution in [2.75, 3.05) is 42.9 Å². The lowest BCUT2D eigenvalue weighted by Gasteiger charge is -2.27. The first-order chi connectivity index (χ1) is 12.8. The number of anilines is 2. The number of aromatic nitrogens is 2. The van der Waals surface area contributed by atoms with Crippen molar-refractivity contribution >= 4 is 11.8 Å².